The maximum absolute atomic E-state index is 13.2. The molecule has 5 heteroatoms. The summed E-state index contributed by atoms with van der Waals surface area (Å²) in [6, 6.07) is 1.56. The Balaban J connectivity index is 2.27. The molecule has 1 amide bonds. The molecule has 0 saturated carbocycles. The van der Waals surface area contributed by atoms with Crippen molar-refractivity contribution in [2.75, 3.05) is 6.54 Å². The number of likely N-dealkylation sites (tertiary alicyclic amines) is 1. The van der Waals surface area contributed by atoms with Gasteiger partial charge in [0.15, 0.2) is 17.5 Å². The number of benzene rings is 1. The lowest BCUT2D eigenvalue weighted by Gasteiger charge is -2.27. The molecule has 2 nitrogen and oxygen atoms in total. The summed E-state index contributed by atoms with van der Waals surface area (Å²) >= 11 is 0. The normalized spacial score (nSPS) is 20.2. The average molecular weight is 271 g/mol. The smallest absolute Gasteiger partial charge is 0.254 e. The van der Waals surface area contributed by atoms with E-state index < -0.39 is 23.4 Å². The summed E-state index contributed by atoms with van der Waals surface area (Å²) in [5.41, 5.74) is -0.134. The lowest BCUT2D eigenvalue weighted by atomic mass is 10.1. The minimum absolute atomic E-state index is 0.0335. The van der Waals surface area contributed by atoms with E-state index in [4.69, 9.17) is 0 Å². The second kappa shape index (κ2) is 5.63. The van der Waals surface area contributed by atoms with Crippen LogP contribution >= 0.6 is 0 Å². The molecular formula is C14H16F3NO. The number of amides is 1. The maximum Gasteiger partial charge on any atom is 0.254 e. The van der Waals surface area contributed by atoms with Gasteiger partial charge in [0.25, 0.3) is 5.91 Å². The summed E-state index contributed by atoms with van der Waals surface area (Å²) in [5, 5.41) is 0. The van der Waals surface area contributed by atoms with Crippen molar-refractivity contribution in [3.05, 3.63) is 35.1 Å². The van der Waals surface area contributed by atoms with E-state index in [9.17, 15) is 18.0 Å². The second-order valence-electron chi connectivity index (χ2n) is 4.95. The largest absolute Gasteiger partial charge is 0.336 e. The van der Waals surface area contributed by atoms with E-state index in [1.54, 1.807) is 4.90 Å². The Kier molecular flexibility index (Phi) is 4.12. The molecule has 1 aliphatic heterocycles. The van der Waals surface area contributed by atoms with Gasteiger partial charge in [0, 0.05) is 18.2 Å². The second-order valence-corrected chi connectivity index (χ2v) is 4.95. The molecule has 0 N–H and O–H groups in total. The van der Waals surface area contributed by atoms with Crippen molar-refractivity contribution in [2.45, 2.75) is 38.6 Å². The molecule has 0 spiro atoms. The standard InChI is InChI=1S/C14H16F3NO/c1-9-5-3-2-4-6-18(9)14(19)10-7-11(15)13(17)12(16)8-10/h7-9H,2-6H2,1H3. The van der Waals surface area contributed by atoms with Gasteiger partial charge in [-0.2, -0.15) is 0 Å². The number of carbonyl (C=O) groups excluding carboxylic acids is 1. The molecule has 19 heavy (non-hydrogen) atoms. The molecule has 1 atom stereocenters. The number of carbonyl (C=O) groups is 1. The van der Waals surface area contributed by atoms with Gasteiger partial charge >= 0.3 is 0 Å². The highest BCUT2D eigenvalue weighted by molar-refractivity contribution is 5.94. The molecule has 1 aromatic carbocycles. The monoisotopic (exact) mass is 271 g/mol. The predicted molar refractivity (Wildman–Crippen MR) is 65.3 cm³/mol. The first-order valence-corrected chi connectivity index (χ1v) is 6.46. The molecule has 0 aliphatic carbocycles. The van der Waals surface area contributed by atoms with Crippen molar-refractivity contribution < 1.29 is 18.0 Å². The Hall–Kier alpha value is -1.52. The first kappa shape index (κ1) is 13.9. The first-order valence-electron chi connectivity index (χ1n) is 6.46. The van der Waals surface area contributed by atoms with E-state index in [1.807, 2.05) is 6.92 Å². The van der Waals surface area contributed by atoms with Crippen LogP contribution in [0.4, 0.5) is 13.2 Å². The average Bonchev–Trinajstić information content (AvgIpc) is 2.59. The van der Waals surface area contributed by atoms with Crippen LogP contribution in [0, 0.1) is 17.5 Å². The Morgan fingerprint density at radius 1 is 1.16 bits per heavy atom. The zero-order chi connectivity index (χ0) is 14.0. The zero-order valence-corrected chi connectivity index (χ0v) is 10.8. The van der Waals surface area contributed by atoms with Gasteiger partial charge in [0.05, 0.1) is 0 Å². The summed E-state index contributed by atoms with van der Waals surface area (Å²) in [6.07, 6.45) is 3.83. The van der Waals surface area contributed by atoms with Gasteiger partial charge in [0.1, 0.15) is 0 Å². The minimum atomic E-state index is -1.54. The predicted octanol–water partition coefficient (Wildman–Crippen LogP) is 3.51. The number of rotatable bonds is 1. The number of hydrogen-bond donors (Lipinski definition) is 0. The van der Waals surface area contributed by atoms with Crippen LogP contribution in [-0.2, 0) is 0 Å². The minimum Gasteiger partial charge on any atom is -0.336 e. The summed E-state index contributed by atoms with van der Waals surface area (Å²) in [6.45, 7) is 2.49. The molecule has 104 valence electrons. The van der Waals surface area contributed by atoms with E-state index >= 15 is 0 Å². The molecule has 2 rings (SSSR count). The molecule has 0 aromatic heterocycles. The van der Waals surface area contributed by atoms with Gasteiger partial charge in [-0.05, 0) is 31.9 Å². The Morgan fingerprint density at radius 2 is 1.79 bits per heavy atom. The number of halogens is 3. The van der Waals surface area contributed by atoms with E-state index in [-0.39, 0.29) is 11.6 Å². The molecule has 1 aromatic rings. The summed E-state index contributed by atoms with van der Waals surface area (Å²) in [5.74, 6) is -4.63. The van der Waals surface area contributed by atoms with Gasteiger partial charge in [-0.3, -0.25) is 4.79 Å². The zero-order valence-electron chi connectivity index (χ0n) is 10.8. The van der Waals surface area contributed by atoms with Crippen molar-refractivity contribution >= 4 is 5.91 Å². The Bertz CT molecular complexity index is 467. The van der Waals surface area contributed by atoms with Crippen LogP contribution in [0.15, 0.2) is 12.1 Å². The van der Waals surface area contributed by atoms with Crippen LogP contribution in [0.5, 0.6) is 0 Å². The van der Waals surface area contributed by atoms with Crippen molar-refractivity contribution in [1.82, 2.24) is 4.90 Å². The molecule has 1 heterocycles. The van der Waals surface area contributed by atoms with Crippen molar-refractivity contribution in [3.63, 3.8) is 0 Å². The van der Waals surface area contributed by atoms with Crippen molar-refractivity contribution in [2.24, 2.45) is 0 Å². The van der Waals surface area contributed by atoms with Crippen LogP contribution in [0.1, 0.15) is 43.0 Å². The fraction of sp³-hybridized carbons (Fsp3) is 0.500. The number of hydrogen-bond acceptors (Lipinski definition) is 1. The maximum atomic E-state index is 13.2. The van der Waals surface area contributed by atoms with Crippen LogP contribution in [0.2, 0.25) is 0 Å². The summed E-state index contributed by atoms with van der Waals surface area (Å²) < 4.78 is 39.2. The Labute approximate surface area is 110 Å². The first-order chi connectivity index (χ1) is 9.00. The van der Waals surface area contributed by atoms with Gasteiger partial charge in [-0.25, -0.2) is 13.2 Å². The molecule has 1 saturated heterocycles. The third-order valence-electron chi connectivity index (χ3n) is 3.54. The molecule has 1 fully saturated rings. The third kappa shape index (κ3) is 2.91. The molecule has 1 unspecified atom stereocenters. The molecule has 0 radical (unpaired) electrons. The van der Waals surface area contributed by atoms with Gasteiger partial charge in [0.2, 0.25) is 0 Å². The third-order valence-corrected chi connectivity index (χ3v) is 3.54. The van der Waals surface area contributed by atoms with Crippen LogP contribution in [-0.4, -0.2) is 23.4 Å². The fourth-order valence-electron chi connectivity index (χ4n) is 2.42. The van der Waals surface area contributed by atoms with Crippen LogP contribution < -0.4 is 0 Å². The van der Waals surface area contributed by atoms with Crippen LogP contribution in [0.25, 0.3) is 0 Å². The highest BCUT2D eigenvalue weighted by Crippen LogP contribution is 2.21. The van der Waals surface area contributed by atoms with Crippen LogP contribution in [0.3, 0.4) is 0 Å². The fourth-order valence-corrected chi connectivity index (χ4v) is 2.42. The topological polar surface area (TPSA) is 20.3 Å². The summed E-state index contributed by atoms with van der Waals surface area (Å²) in [4.78, 5) is 13.9. The van der Waals surface area contributed by atoms with E-state index in [2.05, 4.69) is 0 Å². The van der Waals surface area contributed by atoms with Gasteiger partial charge < -0.3 is 4.90 Å². The quantitative estimate of drug-likeness (QED) is 0.716. The number of nitrogens with zero attached hydrogens (tertiary/aromatic N) is 1. The van der Waals surface area contributed by atoms with E-state index in [0.29, 0.717) is 6.54 Å². The van der Waals surface area contributed by atoms with E-state index in [0.717, 1.165) is 37.8 Å². The lowest BCUT2D eigenvalue weighted by Crippen LogP contribution is -2.38. The lowest BCUT2D eigenvalue weighted by molar-refractivity contribution is 0.0696. The van der Waals surface area contributed by atoms with Crippen molar-refractivity contribution in [1.29, 1.82) is 0 Å². The highest BCUT2D eigenvalue weighted by Gasteiger charge is 2.24. The van der Waals surface area contributed by atoms with Crippen molar-refractivity contribution in [3.8, 4) is 0 Å². The molecular weight excluding hydrogens is 255 g/mol. The Morgan fingerprint density at radius 3 is 2.42 bits per heavy atom. The SMILES string of the molecule is CC1CCCCCN1C(=O)c1cc(F)c(F)c(F)c1. The summed E-state index contributed by atoms with van der Waals surface area (Å²) in [7, 11) is 0. The van der Waals surface area contributed by atoms with Gasteiger partial charge in [-0.15, -0.1) is 0 Å². The van der Waals surface area contributed by atoms with Gasteiger partial charge in [-0.1, -0.05) is 12.8 Å². The van der Waals surface area contributed by atoms with E-state index in [1.165, 1.54) is 0 Å². The molecule has 0 bridgehead atoms. The highest BCUT2D eigenvalue weighted by atomic mass is 19.2. The molecule has 1 aliphatic rings.